The summed E-state index contributed by atoms with van der Waals surface area (Å²) in [5.41, 5.74) is 2.55. The fraction of sp³-hybridized carbons (Fsp3) is 0.619. The highest BCUT2D eigenvalue weighted by Crippen LogP contribution is 2.37. The zero-order valence-corrected chi connectivity index (χ0v) is 15.6. The normalized spacial score (nSPS) is 35.2. The van der Waals surface area contributed by atoms with Crippen molar-refractivity contribution in [1.82, 2.24) is 15.5 Å². The number of nitrogens with one attached hydrogen (secondary N) is 2. The number of rotatable bonds is 4. The van der Waals surface area contributed by atoms with Crippen LogP contribution in [0.2, 0.25) is 0 Å². The van der Waals surface area contributed by atoms with Gasteiger partial charge in [0, 0.05) is 37.8 Å². The highest BCUT2D eigenvalue weighted by Gasteiger charge is 2.41. The van der Waals surface area contributed by atoms with Gasteiger partial charge in [-0.15, -0.1) is 0 Å². The highest BCUT2D eigenvalue weighted by molar-refractivity contribution is 5.32. The minimum absolute atomic E-state index is 0.226. The first-order valence-electron chi connectivity index (χ1n) is 9.94. The van der Waals surface area contributed by atoms with E-state index in [1.807, 2.05) is 18.2 Å². The summed E-state index contributed by atoms with van der Waals surface area (Å²) in [6, 6.07) is 7.90. The maximum atomic E-state index is 10.1. The number of phenolic OH excluding ortho intramolecular Hbond substituents is 1. The molecule has 3 aliphatic heterocycles. The van der Waals surface area contributed by atoms with E-state index in [1.54, 1.807) is 11.6 Å². The van der Waals surface area contributed by atoms with E-state index < -0.39 is 0 Å². The average molecular weight is 357 g/mol. The largest absolute Gasteiger partial charge is 0.508 e. The van der Waals surface area contributed by atoms with Crippen molar-refractivity contribution in [1.29, 1.82) is 0 Å². The number of aromatic hydroxyl groups is 1. The molecule has 2 fully saturated rings. The minimum atomic E-state index is 0.226. The summed E-state index contributed by atoms with van der Waals surface area (Å²) >= 11 is 0. The number of aliphatic hydroxyl groups is 1. The molecule has 5 heteroatoms. The van der Waals surface area contributed by atoms with Crippen molar-refractivity contribution in [2.75, 3.05) is 26.2 Å². The fourth-order valence-electron chi connectivity index (χ4n) is 5.07. The monoisotopic (exact) mass is 357 g/mol. The molecule has 4 unspecified atom stereocenters. The summed E-state index contributed by atoms with van der Waals surface area (Å²) in [5, 5.41) is 26.7. The molecule has 1 aromatic rings. The van der Waals surface area contributed by atoms with Gasteiger partial charge < -0.3 is 15.5 Å². The molecule has 3 aliphatic rings. The molecule has 0 saturated carbocycles. The summed E-state index contributed by atoms with van der Waals surface area (Å²) in [7, 11) is 0. The van der Waals surface area contributed by atoms with Crippen LogP contribution in [0.4, 0.5) is 0 Å². The Morgan fingerprint density at radius 1 is 1.23 bits per heavy atom. The Hall–Kier alpha value is -1.40. The molecule has 5 nitrogen and oxygen atoms in total. The molecule has 0 aliphatic carbocycles. The minimum Gasteiger partial charge on any atom is -0.508 e. The van der Waals surface area contributed by atoms with Crippen LogP contribution in [0.5, 0.6) is 5.75 Å². The molecule has 26 heavy (non-hydrogen) atoms. The van der Waals surface area contributed by atoms with Gasteiger partial charge in [0.2, 0.25) is 0 Å². The lowest BCUT2D eigenvalue weighted by Gasteiger charge is -2.38. The van der Waals surface area contributed by atoms with E-state index in [1.165, 1.54) is 6.42 Å². The van der Waals surface area contributed by atoms with E-state index >= 15 is 0 Å². The van der Waals surface area contributed by atoms with E-state index in [0.717, 1.165) is 38.2 Å². The number of hydrogen-bond acceptors (Lipinski definition) is 5. The third-order valence-electron chi connectivity index (χ3n) is 6.30. The molecule has 0 spiro atoms. The predicted octanol–water partition coefficient (Wildman–Crippen LogP) is 1.68. The third-order valence-corrected chi connectivity index (χ3v) is 6.30. The van der Waals surface area contributed by atoms with Crippen LogP contribution in [-0.4, -0.2) is 53.6 Å². The highest BCUT2D eigenvalue weighted by atomic mass is 16.3. The summed E-state index contributed by atoms with van der Waals surface area (Å²) in [6.45, 7) is 6.35. The van der Waals surface area contributed by atoms with Crippen LogP contribution >= 0.6 is 0 Å². The van der Waals surface area contributed by atoms with Crippen molar-refractivity contribution in [2.24, 2.45) is 17.8 Å². The van der Waals surface area contributed by atoms with Crippen molar-refractivity contribution in [3.05, 3.63) is 41.5 Å². The number of hydrogen-bond donors (Lipinski definition) is 4. The molecule has 4 N–H and O–H groups in total. The SMILES string of the molecule is C[C@@H]1C=C(C2CNC3NC(CO)CCC32)CN(Cc2ccccc2O)C1. The number of para-hydroxylation sites is 1. The molecule has 4 rings (SSSR count). The second kappa shape index (κ2) is 7.69. The lowest BCUT2D eigenvalue weighted by molar-refractivity contribution is 0.155. The molecule has 142 valence electrons. The maximum Gasteiger partial charge on any atom is 0.120 e. The first-order valence-corrected chi connectivity index (χ1v) is 9.94. The first-order chi connectivity index (χ1) is 12.6. The molecule has 1 aromatic carbocycles. The number of piperidine rings is 1. The van der Waals surface area contributed by atoms with E-state index in [4.69, 9.17) is 0 Å². The number of fused-ring (bicyclic) bond motifs is 1. The Balaban J connectivity index is 1.45. The van der Waals surface area contributed by atoms with Crippen molar-refractivity contribution in [3.8, 4) is 5.75 Å². The van der Waals surface area contributed by atoms with Crippen molar-refractivity contribution in [2.45, 2.75) is 38.5 Å². The van der Waals surface area contributed by atoms with Crippen LogP contribution in [-0.2, 0) is 6.54 Å². The zero-order chi connectivity index (χ0) is 18.1. The van der Waals surface area contributed by atoms with Gasteiger partial charge in [-0.1, -0.05) is 36.8 Å². The zero-order valence-electron chi connectivity index (χ0n) is 15.6. The number of aliphatic hydroxyl groups excluding tert-OH is 1. The Morgan fingerprint density at radius 2 is 2.08 bits per heavy atom. The van der Waals surface area contributed by atoms with Gasteiger partial charge in [0.05, 0.1) is 12.8 Å². The lowest BCUT2D eigenvalue weighted by Crippen LogP contribution is -2.52. The summed E-state index contributed by atoms with van der Waals surface area (Å²) < 4.78 is 0. The molecule has 0 amide bonds. The van der Waals surface area contributed by atoms with Crippen molar-refractivity contribution < 1.29 is 10.2 Å². The molecule has 2 saturated heterocycles. The average Bonchev–Trinajstić information content (AvgIpc) is 3.06. The van der Waals surface area contributed by atoms with E-state index in [2.05, 4.69) is 28.5 Å². The molecular weight excluding hydrogens is 326 g/mol. The van der Waals surface area contributed by atoms with Gasteiger partial charge in [-0.2, -0.15) is 0 Å². The Morgan fingerprint density at radius 3 is 2.88 bits per heavy atom. The fourth-order valence-corrected chi connectivity index (χ4v) is 5.07. The summed E-state index contributed by atoms with van der Waals surface area (Å²) in [5.74, 6) is 2.11. The Bertz CT molecular complexity index is 662. The topological polar surface area (TPSA) is 67.8 Å². The maximum absolute atomic E-state index is 10.1. The molecule has 0 aromatic heterocycles. The quantitative estimate of drug-likeness (QED) is 0.618. The molecule has 3 heterocycles. The van der Waals surface area contributed by atoms with Crippen LogP contribution in [0, 0.1) is 17.8 Å². The van der Waals surface area contributed by atoms with Crippen LogP contribution in [0.3, 0.4) is 0 Å². The molecular formula is C21H31N3O2. The van der Waals surface area contributed by atoms with Gasteiger partial charge in [-0.3, -0.25) is 10.2 Å². The van der Waals surface area contributed by atoms with Gasteiger partial charge >= 0.3 is 0 Å². The summed E-state index contributed by atoms with van der Waals surface area (Å²) in [6.07, 6.45) is 5.04. The Labute approximate surface area is 156 Å². The number of nitrogens with zero attached hydrogens (tertiary/aromatic N) is 1. The van der Waals surface area contributed by atoms with E-state index in [0.29, 0.717) is 29.7 Å². The lowest BCUT2D eigenvalue weighted by atomic mass is 9.79. The standard InChI is InChI=1S/C21H31N3O2/c1-14-8-16(12-24(10-14)11-15-4-2-3-5-20(15)26)19-9-22-21-18(19)7-6-17(13-25)23-21/h2-5,8,14,17-19,21-23,25-26H,6-7,9-13H2,1H3/t14-,17?,18?,19?,21?/m1/s1. The number of benzene rings is 1. The van der Waals surface area contributed by atoms with Gasteiger partial charge in [0.1, 0.15) is 5.75 Å². The van der Waals surface area contributed by atoms with Crippen LogP contribution < -0.4 is 10.6 Å². The van der Waals surface area contributed by atoms with Crippen molar-refractivity contribution >= 4 is 0 Å². The summed E-state index contributed by atoms with van der Waals surface area (Å²) in [4.78, 5) is 2.47. The van der Waals surface area contributed by atoms with Gasteiger partial charge in [0.15, 0.2) is 0 Å². The molecule has 0 bridgehead atoms. The van der Waals surface area contributed by atoms with Gasteiger partial charge in [-0.25, -0.2) is 0 Å². The van der Waals surface area contributed by atoms with Crippen LogP contribution in [0.1, 0.15) is 25.3 Å². The van der Waals surface area contributed by atoms with E-state index in [-0.39, 0.29) is 12.6 Å². The van der Waals surface area contributed by atoms with Gasteiger partial charge in [-0.05, 0) is 36.7 Å². The molecule has 0 radical (unpaired) electrons. The van der Waals surface area contributed by atoms with Gasteiger partial charge in [0.25, 0.3) is 0 Å². The number of phenols is 1. The second-order valence-electron chi connectivity index (χ2n) is 8.30. The predicted molar refractivity (Wildman–Crippen MR) is 103 cm³/mol. The second-order valence-corrected chi connectivity index (χ2v) is 8.30. The van der Waals surface area contributed by atoms with Crippen LogP contribution in [0.25, 0.3) is 0 Å². The molecule has 5 atom stereocenters. The van der Waals surface area contributed by atoms with E-state index in [9.17, 15) is 10.2 Å². The smallest absolute Gasteiger partial charge is 0.120 e. The Kier molecular flexibility index (Phi) is 5.32. The third kappa shape index (κ3) is 3.67. The van der Waals surface area contributed by atoms with Crippen LogP contribution in [0.15, 0.2) is 35.9 Å². The first kappa shape index (κ1) is 18.0. The van der Waals surface area contributed by atoms with Crippen molar-refractivity contribution in [3.63, 3.8) is 0 Å².